The second-order valence-corrected chi connectivity index (χ2v) is 6.36. The van der Waals surface area contributed by atoms with Gasteiger partial charge in [-0.25, -0.2) is 0 Å². The van der Waals surface area contributed by atoms with E-state index in [9.17, 15) is 4.79 Å². The molecule has 1 aliphatic heterocycles. The van der Waals surface area contributed by atoms with Gasteiger partial charge in [-0.3, -0.25) is 9.69 Å². The lowest BCUT2D eigenvalue weighted by Crippen LogP contribution is -2.52. The molecule has 0 aromatic carbocycles. The maximum atomic E-state index is 10.7. The number of hydrogen-bond acceptors (Lipinski definition) is 4. The summed E-state index contributed by atoms with van der Waals surface area (Å²) < 4.78 is 0. The van der Waals surface area contributed by atoms with E-state index in [-0.39, 0.29) is 13.0 Å². The van der Waals surface area contributed by atoms with Crippen molar-refractivity contribution in [2.75, 3.05) is 26.2 Å². The highest BCUT2D eigenvalue weighted by molar-refractivity contribution is 5.66. The summed E-state index contributed by atoms with van der Waals surface area (Å²) in [6.07, 6.45) is 7.28. The number of nitrogens with zero attached hydrogens (tertiary/aromatic N) is 1. The summed E-state index contributed by atoms with van der Waals surface area (Å²) in [5.74, 6) is -0.269. The van der Waals surface area contributed by atoms with E-state index in [0.717, 1.165) is 25.9 Å². The molecule has 0 amide bonds. The molecule has 2 atom stereocenters. The Balaban J connectivity index is 1.83. The molecule has 2 rings (SSSR count). The third-order valence-corrected chi connectivity index (χ3v) is 4.62. The van der Waals surface area contributed by atoms with E-state index in [1.54, 1.807) is 0 Å². The molecule has 3 N–H and O–H groups in total. The third-order valence-electron chi connectivity index (χ3n) is 4.62. The lowest BCUT2D eigenvalue weighted by Gasteiger charge is -2.39. The van der Waals surface area contributed by atoms with Crippen LogP contribution in [0.2, 0.25) is 0 Å². The highest BCUT2D eigenvalue weighted by atomic mass is 16.4. The van der Waals surface area contributed by atoms with Gasteiger partial charge in [-0.2, -0.15) is 0 Å². The Morgan fingerprint density at radius 1 is 1.20 bits per heavy atom. The molecule has 2 unspecified atom stereocenters. The Hall–Kier alpha value is -0.650. The third kappa shape index (κ3) is 5.04. The number of rotatable bonds is 7. The Kier molecular flexibility index (Phi) is 6.26. The summed E-state index contributed by atoms with van der Waals surface area (Å²) >= 11 is 0. The quantitative estimate of drug-likeness (QED) is 0.652. The molecule has 0 spiro atoms. The van der Waals surface area contributed by atoms with Crippen LogP contribution in [0.4, 0.5) is 0 Å². The first-order chi connectivity index (χ1) is 9.67. The SMILES string of the molecule is O=C(O)CCC1CC(NC2CCCC2)CN(CCO)C1. The van der Waals surface area contributed by atoms with Gasteiger partial charge in [-0.1, -0.05) is 12.8 Å². The van der Waals surface area contributed by atoms with E-state index >= 15 is 0 Å². The Bertz CT molecular complexity index is 305. The molecule has 1 saturated heterocycles. The molecule has 5 nitrogen and oxygen atoms in total. The van der Waals surface area contributed by atoms with Crippen LogP contribution in [0.5, 0.6) is 0 Å². The maximum Gasteiger partial charge on any atom is 0.303 e. The van der Waals surface area contributed by atoms with Crippen LogP contribution in [0.25, 0.3) is 0 Å². The predicted octanol–water partition coefficient (Wildman–Crippen LogP) is 1.07. The number of β-amino-alcohol motifs (C(OH)–C–C–N with tert-alkyl or cyclic N) is 1. The van der Waals surface area contributed by atoms with Crippen LogP contribution in [-0.4, -0.2) is 59.4 Å². The van der Waals surface area contributed by atoms with Gasteiger partial charge in [0.25, 0.3) is 0 Å². The van der Waals surface area contributed by atoms with Gasteiger partial charge in [0.05, 0.1) is 6.61 Å². The number of aliphatic hydroxyl groups excluding tert-OH is 1. The molecule has 0 aromatic rings. The number of piperidine rings is 1. The standard InChI is InChI=1S/C15H28N2O3/c18-8-7-17-10-12(5-6-15(19)20)9-14(11-17)16-13-3-1-2-4-13/h12-14,16,18H,1-11H2,(H,19,20). The zero-order valence-electron chi connectivity index (χ0n) is 12.3. The Morgan fingerprint density at radius 3 is 2.60 bits per heavy atom. The number of aliphatic hydroxyl groups is 1. The first-order valence-corrected chi connectivity index (χ1v) is 7.98. The number of nitrogens with one attached hydrogen (secondary N) is 1. The van der Waals surface area contributed by atoms with Crippen LogP contribution in [0.15, 0.2) is 0 Å². The van der Waals surface area contributed by atoms with Crippen molar-refractivity contribution in [2.45, 2.75) is 57.0 Å². The summed E-state index contributed by atoms with van der Waals surface area (Å²) in [6, 6.07) is 1.10. The molecule has 0 aromatic heterocycles. The monoisotopic (exact) mass is 284 g/mol. The fourth-order valence-electron chi connectivity index (χ4n) is 3.71. The number of aliphatic carboxylic acids is 1. The minimum absolute atomic E-state index is 0.182. The first-order valence-electron chi connectivity index (χ1n) is 7.98. The van der Waals surface area contributed by atoms with Crippen LogP contribution < -0.4 is 5.32 Å². The van der Waals surface area contributed by atoms with Crippen molar-refractivity contribution in [1.29, 1.82) is 0 Å². The van der Waals surface area contributed by atoms with E-state index in [2.05, 4.69) is 10.2 Å². The second kappa shape index (κ2) is 7.96. The fourth-order valence-corrected chi connectivity index (χ4v) is 3.71. The van der Waals surface area contributed by atoms with Crippen LogP contribution in [0.3, 0.4) is 0 Å². The molecule has 1 aliphatic carbocycles. The van der Waals surface area contributed by atoms with Gasteiger partial charge in [0.1, 0.15) is 0 Å². The highest BCUT2D eigenvalue weighted by Gasteiger charge is 2.29. The predicted molar refractivity (Wildman–Crippen MR) is 77.7 cm³/mol. The number of carbonyl (C=O) groups is 1. The van der Waals surface area contributed by atoms with Crippen molar-refractivity contribution in [3.05, 3.63) is 0 Å². The topological polar surface area (TPSA) is 72.8 Å². The van der Waals surface area contributed by atoms with Gasteiger partial charge in [0.2, 0.25) is 0 Å². The molecule has 116 valence electrons. The van der Waals surface area contributed by atoms with Gasteiger partial charge in [0, 0.05) is 38.1 Å². The average Bonchev–Trinajstić information content (AvgIpc) is 2.89. The lowest BCUT2D eigenvalue weighted by molar-refractivity contribution is -0.137. The van der Waals surface area contributed by atoms with Gasteiger partial charge < -0.3 is 15.5 Å². The molecule has 1 heterocycles. The zero-order chi connectivity index (χ0) is 14.4. The van der Waals surface area contributed by atoms with Gasteiger partial charge in [-0.15, -0.1) is 0 Å². The summed E-state index contributed by atoms with van der Waals surface area (Å²) in [5.41, 5.74) is 0. The second-order valence-electron chi connectivity index (χ2n) is 6.36. The van der Waals surface area contributed by atoms with Crippen LogP contribution >= 0.6 is 0 Å². The van der Waals surface area contributed by atoms with Gasteiger partial charge in [-0.05, 0) is 31.6 Å². The van der Waals surface area contributed by atoms with Crippen molar-refractivity contribution in [3.63, 3.8) is 0 Å². The van der Waals surface area contributed by atoms with Crippen molar-refractivity contribution >= 4 is 5.97 Å². The van der Waals surface area contributed by atoms with E-state index in [1.807, 2.05) is 0 Å². The van der Waals surface area contributed by atoms with Crippen molar-refractivity contribution in [1.82, 2.24) is 10.2 Å². The summed E-state index contributed by atoms with van der Waals surface area (Å²) in [5, 5.41) is 21.7. The summed E-state index contributed by atoms with van der Waals surface area (Å²) in [6.45, 7) is 2.80. The zero-order valence-corrected chi connectivity index (χ0v) is 12.3. The van der Waals surface area contributed by atoms with E-state index in [1.165, 1.54) is 25.7 Å². The molecule has 0 radical (unpaired) electrons. The van der Waals surface area contributed by atoms with Crippen LogP contribution in [0.1, 0.15) is 44.9 Å². The molecular formula is C15H28N2O3. The average molecular weight is 284 g/mol. The van der Waals surface area contributed by atoms with Crippen molar-refractivity contribution in [2.24, 2.45) is 5.92 Å². The largest absolute Gasteiger partial charge is 0.481 e. The lowest BCUT2D eigenvalue weighted by atomic mass is 9.90. The fraction of sp³-hybridized carbons (Fsp3) is 0.933. The summed E-state index contributed by atoms with van der Waals surface area (Å²) in [7, 11) is 0. The van der Waals surface area contributed by atoms with E-state index < -0.39 is 5.97 Å². The molecule has 2 aliphatic rings. The number of likely N-dealkylation sites (tertiary alicyclic amines) is 1. The molecule has 5 heteroatoms. The number of carboxylic acids is 1. The molecular weight excluding hydrogens is 256 g/mol. The molecule has 20 heavy (non-hydrogen) atoms. The minimum Gasteiger partial charge on any atom is -0.481 e. The van der Waals surface area contributed by atoms with Crippen molar-refractivity contribution in [3.8, 4) is 0 Å². The number of carboxylic acid groups (broad SMARTS) is 1. The van der Waals surface area contributed by atoms with E-state index in [4.69, 9.17) is 10.2 Å². The van der Waals surface area contributed by atoms with Gasteiger partial charge >= 0.3 is 5.97 Å². The normalized spacial score (nSPS) is 28.9. The van der Waals surface area contributed by atoms with E-state index in [0.29, 0.717) is 24.5 Å². The maximum absolute atomic E-state index is 10.7. The molecule has 1 saturated carbocycles. The molecule has 2 fully saturated rings. The van der Waals surface area contributed by atoms with Gasteiger partial charge in [0.15, 0.2) is 0 Å². The molecule has 0 bridgehead atoms. The first kappa shape index (κ1) is 15.7. The Labute approximate surface area is 121 Å². The number of hydrogen-bond donors (Lipinski definition) is 3. The van der Waals surface area contributed by atoms with Crippen LogP contribution in [0, 0.1) is 5.92 Å². The Morgan fingerprint density at radius 2 is 1.95 bits per heavy atom. The van der Waals surface area contributed by atoms with Crippen molar-refractivity contribution < 1.29 is 15.0 Å². The smallest absolute Gasteiger partial charge is 0.303 e. The van der Waals surface area contributed by atoms with Crippen LogP contribution in [-0.2, 0) is 4.79 Å². The summed E-state index contributed by atoms with van der Waals surface area (Å²) in [4.78, 5) is 13.0. The minimum atomic E-state index is -0.704. The highest BCUT2D eigenvalue weighted by Crippen LogP contribution is 2.24.